The largest absolute Gasteiger partial charge is 0.481 e. The molecular weight excluding hydrogens is 260 g/mol. The number of nitrogens with zero attached hydrogens (tertiary/aromatic N) is 2. The van der Waals surface area contributed by atoms with Gasteiger partial charge in [-0.05, 0) is 33.1 Å². The Morgan fingerprint density at radius 1 is 1.25 bits per heavy atom. The molecule has 2 aliphatic heterocycles. The van der Waals surface area contributed by atoms with Crippen LogP contribution < -0.4 is 0 Å². The predicted molar refractivity (Wildman–Crippen MR) is 73.5 cm³/mol. The highest BCUT2D eigenvalue weighted by Gasteiger charge is 2.43. The number of aliphatic carboxylic acids is 1. The summed E-state index contributed by atoms with van der Waals surface area (Å²) < 4.78 is 5.57. The number of carbonyl (C=O) groups is 2. The molecule has 0 radical (unpaired) electrons. The van der Waals surface area contributed by atoms with Gasteiger partial charge in [0.25, 0.3) is 0 Å². The van der Waals surface area contributed by atoms with Crippen LogP contribution in [0.2, 0.25) is 0 Å². The molecule has 1 atom stereocenters. The minimum Gasteiger partial charge on any atom is -0.481 e. The molecule has 0 spiro atoms. The lowest BCUT2D eigenvalue weighted by atomic mass is 9.90. The van der Waals surface area contributed by atoms with Gasteiger partial charge in [-0.2, -0.15) is 0 Å². The maximum Gasteiger partial charge on any atom is 0.320 e. The Balaban J connectivity index is 1.86. The second-order valence-electron chi connectivity index (χ2n) is 5.96. The first-order chi connectivity index (χ1) is 9.46. The molecule has 2 heterocycles. The van der Waals surface area contributed by atoms with Gasteiger partial charge in [-0.15, -0.1) is 0 Å². The SMILES string of the molecule is CCOC1CCN(C(=O)N2CCC(C)(C(=O)O)C2)CC1. The first-order valence-electron chi connectivity index (χ1n) is 7.35. The van der Waals surface area contributed by atoms with E-state index in [2.05, 4.69) is 0 Å². The zero-order valence-electron chi connectivity index (χ0n) is 12.3. The van der Waals surface area contributed by atoms with Gasteiger partial charge in [-0.25, -0.2) is 4.79 Å². The summed E-state index contributed by atoms with van der Waals surface area (Å²) in [4.78, 5) is 27.1. The number of likely N-dealkylation sites (tertiary alicyclic amines) is 2. The molecule has 0 aromatic rings. The van der Waals surface area contributed by atoms with Crippen LogP contribution in [0.3, 0.4) is 0 Å². The number of piperidine rings is 1. The topological polar surface area (TPSA) is 70.1 Å². The van der Waals surface area contributed by atoms with Crippen molar-refractivity contribution >= 4 is 12.0 Å². The van der Waals surface area contributed by atoms with E-state index in [4.69, 9.17) is 4.74 Å². The molecule has 20 heavy (non-hydrogen) atoms. The summed E-state index contributed by atoms with van der Waals surface area (Å²) in [6, 6.07) is -0.0232. The summed E-state index contributed by atoms with van der Waals surface area (Å²) in [5, 5.41) is 9.21. The molecule has 0 saturated carbocycles. The van der Waals surface area contributed by atoms with E-state index in [9.17, 15) is 14.7 Å². The van der Waals surface area contributed by atoms with Crippen LogP contribution in [-0.2, 0) is 9.53 Å². The van der Waals surface area contributed by atoms with Crippen LogP contribution in [0.25, 0.3) is 0 Å². The van der Waals surface area contributed by atoms with E-state index in [0.29, 0.717) is 39.2 Å². The zero-order valence-corrected chi connectivity index (χ0v) is 12.3. The number of ether oxygens (including phenoxy) is 1. The van der Waals surface area contributed by atoms with Crippen LogP contribution in [0.1, 0.15) is 33.1 Å². The summed E-state index contributed by atoms with van der Waals surface area (Å²) in [5.74, 6) is -0.817. The summed E-state index contributed by atoms with van der Waals surface area (Å²) in [7, 11) is 0. The van der Waals surface area contributed by atoms with Gasteiger partial charge in [0.2, 0.25) is 0 Å². The van der Waals surface area contributed by atoms with Crippen LogP contribution in [0.15, 0.2) is 0 Å². The molecule has 2 fully saturated rings. The van der Waals surface area contributed by atoms with Crippen LogP contribution >= 0.6 is 0 Å². The number of carboxylic acid groups (broad SMARTS) is 1. The summed E-state index contributed by atoms with van der Waals surface area (Å²) in [6.45, 7) is 6.65. The van der Waals surface area contributed by atoms with Gasteiger partial charge < -0.3 is 19.6 Å². The van der Waals surface area contributed by atoms with Crippen molar-refractivity contribution in [1.82, 2.24) is 9.80 Å². The maximum atomic E-state index is 12.4. The highest BCUT2D eigenvalue weighted by atomic mass is 16.5. The Morgan fingerprint density at radius 2 is 1.90 bits per heavy atom. The summed E-state index contributed by atoms with van der Waals surface area (Å²) in [6.07, 6.45) is 2.52. The lowest BCUT2D eigenvalue weighted by molar-refractivity contribution is -0.147. The van der Waals surface area contributed by atoms with E-state index in [-0.39, 0.29) is 12.1 Å². The molecule has 0 aliphatic carbocycles. The first kappa shape index (κ1) is 15.1. The average molecular weight is 284 g/mol. The molecule has 1 N–H and O–H groups in total. The molecule has 2 saturated heterocycles. The molecule has 6 heteroatoms. The van der Waals surface area contributed by atoms with E-state index in [1.807, 2.05) is 11.8 Å². The smallest absolute Gasteiger partial charge is 0.320 e. The number of carbonyl (C=O) groups excluding carboxylic acids is 1. The highest BCUT2D eigenvalue weighted by Crippen LogP contribution is 2.31. The molecule has 114 valence electrons. The minimum absolute atomic E-state index is 0.0232. The number of carboxylic acids is 1. The van der Waals surface area contributed by atoms with E-state index < -0.39 is 11.4 Å². The Kier molecular flexibility index (Phi) is 4.52. The molecule has 0 aromatic heterocycles. The van der Waals surface area contributed by atoms with Crippen LogP contribution in [0.5, 0.6) is 0 Å². The monoisotopic (exact) mass is 284 g/mol. The van der Waals surface area contributed by atoms with E-state index >= 15 is 0 Å². The fourth-order valence-electron chi connectivity index (χ4n) is 2.95. The predicted octanol–water partition coefficient (Wildman–Crippen LogP) is 1.40. The van der Waals surface area contributed by atoms with E-state index in [1.54, 1.807) is 11.8 Å². The first-order valence-corrected chi connectivity index (χ1v) is 7.35. The Morgan fingerprint density at radius 3 is 2.40 bits per heavy atom. The quantitative estimate of drug-likeness (QED) is 0.850. The molecule has 1 unspecified atom stereocenters. The fraction of sp³-hybridized carbons (Fsp3) is 0.857. The van der Waals surface area contributed by atoms with Crippen LogP contribution in [-0.4, -0.2) is 65.8 Å². The van der Waals surface area contributed by atoms with Crippen molar-refractivity contribution < 1.29 is 19.4 Å². The lowest BCUT2D eigenvalue weighted by Crippen LogP contribution is -2.48. The Labute approximate surface area is 119 Å². The molecule has 2 rings (SSSR count). The zero-order chi connectivity index (χ0) is 14.8. The van der Waals surface area contributed by atoms with Gasteiger partial charge in [0, 0.05) is 32.8 Å². The number of hydrogen-bond acceptors (Lipinski definition) is 3. The number of hydrogen-bond donors (Lipinski definition) is 1. The van der Waals surface area contributed by atoms with Crippen LogP contribution in [0.4, 0.5) is 4.79 Å². The van der Waals surface area contributed by atoms with Gasteiger partial charge in [0.1, 0.15) is 0 Å². The van der Waals surface area contributed by atoms with Crippen molar-refractivity contribution in [2.24, 2.45) is 5.41 Å². The van der Waals surface area contributed by atoms with Crippen molar-refractivity contribution in [1.29, 1.82) is 0 Å². The Hall–Kier alpha value is -1.30. The second kappa shape index (κ2) is 5.99. The van der Waals surface area contributed by atoms with Crippen LogP contribution in [0, 0.1) is 5.41 Å². The molecule has 2 aliphatic rings. The van der Waals surface area contributed by atoms with Gasteiger partial charge in [-0.1, -0.05) is 0 Å². The number of rotatable bonds is 3. The van der Waals surface area contributed by atoms with Gasteiger partial charge in [0.05, 0.1) is 11.5 Å². The van der Waals surface area contributed by atoms with Crippen molar-refractivity contribution in [3.8, 4) is 0 Å². The third kappa shape index (κ3) is 3.06. The third-order valence-electron chi connectivity index (χ3n) is 4.38. The fourth-order valence-corrected chi connectivity index (χ4v) is 2.95. The van der Waals surface area contributed by atoms with Gasteiger partial charge in [0.15, 0.2) is 0 Å². The maximum absolute atomic E-state index is 12.4. The normalized spacial score (nSPS) is 27.9. The summed E-state index contributed by atoms with van der Waals surface area (Å²) >= 11 is 0. The Bertz CT molecular complexity index is 379. The number of amides is 2. The standard InChI is InChI=1S/C14H24N2O4/c1-3-20-11-4-7-15(8-5-11)13(19)16-9-6-14(2,10-16)12(17)18/h11H,3-10H2,1-2H3,(H,17,18). The van der Waals surface area contributed by atoms with Crippen molar-refractivity contribution in [3.63, 3.8) is 0 Å². The summed E-state index contributed by atoms with van der Waals surface area (Å²) in [5.41, 5.74) is -0.792. The van der Waals surface area contributed by atoms with E-state index in [0.717, 1.165) is 12.8 Å². The van der Waals surface area contributed by atoms with Crippen molar-refractivity contribution in [3.05, 3.63) is 0 Å². The minimum atomic E-state index is -0.817. The molecule has 0 aromatic carbocycles. The highest BCUT2D eigenvalue weighted by molar-refractivity contribution is 5.79. The average Bonchev–Trinajstić information content (AvgIpc) is 2.83. The lowest BCUT2D eigenvalue weighted by Gasteiger charge is -2.34. The molecule has 6 nitrogen and oxygen atoms in total. The van der Waals surface area contributed by atoms with Gasteiger partial charge >= 0.3 is 12.0 Å². The van der Waals surface area contributed by atoms with Gasteiger partial charge in [-0.3, -0.25) is 4.79 Å². The van der Waals surface area contributed by atoms with Crippen molar-refractivity contribution in [2.45, 2.75) is 39.2 Å². The van der Waals surface area contributed by atoms with Crippen molar-refractivity contribution in [2.75, 3.05) is 32.8 Å². The second-order valence-corrected chi connectivity index (χ2v) is 5.96. The molecule has 0 bridgehead atoms. The number of urea groups is 1. The molecule has 2 amide bonds. The van der Waals surface area contributed by atoms with E-state index in [1.165, 1.54) is 0 Å². The third-order valence-corrected chi connectivity index (χ3v) is 4.38. The molecular formula is C14H24N2O4.